The summed E-state index contributed by atoms with van der Waals surface area (Å²) in [7, 11) is 0. The number of nitrogens with one attached hydrogen (secondary N) is 2. The van der Waals surface area contributed by atoms with E-state index in [-0.39, 0.29) is 24.3 Å². The Balaban J connectivity index is 0.00000156. The third-order valence-corrected chi connectivity index (χ3v) is 3.92. The fourth-order valence-corrected chi connectivity index (χ4v) is 2.75. The zero-order valence-electron chi connectivity index (χ0n) is 12.4. The predicted molar refractivity (Wildman–Crippen MR) is 90.3 cm³/mol. The number of rotatable bonds is 2. The van der Waals surface area contributed by atoms with Crippen molar-refractivity contribution < 1.29 is 9.13 Å². The summed E-state index contributed by atoms with van der Waals surface area (Å²) in [6, 6.07) is 12.5. The number of nitrogens with zero attached hydrogens (tertiary/aromatic N) is 1. The number of morpholine rings is 1. The van der Waals surface area contributed by atoms with E-state index in [9.17, 15) is 4.39 Å². The molecule has 2 aromatic carbocycles. The van der Waals surface area contributed by atoms with Gasteiger partial charge in [0.2, 0.25) is 0 Å². The van der Waals surface area contributed by atoms with E-state index in [4.69, 9.17) is 4.74 Å². The molecular formula is C17H17ClFN3O. The van der Waals surface area contributed by atoms with Gasteiger partial charge in [-0.05, 0) is 42.0 Å². The second-order valence-electron chi connectivity index (χ2n) is 5.43. The van der Waals surface area contributed by atoms with Gasteiger partial charge in [0.1, 0.15) is 11.6 Å². The highest BCUT2D eigenvalue weighted by molar-refractivity contribution is 5.85. The molecule has 0 unspecified atom stereocenters. The summed E-state index contributed by atoms with van der Waals surface area (Å²) in [5.74, 6) is 0.499. The summed E-state index contributed by atoms with van der Waals surface area (Å²) in [5, 5.41) is 3.33. The summed E-state index contributed by atoms with van der Waals surface area (Å²) < 4.78 is 18.8. The average Bonchev–Trinajstić information content (AvgIpc) is 2.99. The van der Waals surface area contributed by atoms with Crippen LogP contribution < -0.4 is 5.32 Å². The summed E-state index contributed by atoms with van der Waals surface area (Å²) in [5.41, 5.74) is 3.85. The second kappa shape index (κ2) is 6.66. The van der Waals surface area contributed by atoms with Crippen molar-refractivity contribution in [3.8, 4) is 11.4 Å². The van der Waals surface area contributed by atoms with E-state index in [2.05, 4.69) is 27.4 Å². The number of ether oxygens (including phenoxy) is 1. The summed E-state index contributed by atoms with van der Waals surface area (Å²) in [6.45, 7) is 2.45. The van der Waals surface area contributed by atoms with Crippen LogP contribution in [0.15, 0.2) is 42.5 Å². The lowest BCUT2D eigenvalue weighted by Gasteiger charge is -2.23. The Bertz CT molecular complexity index is 797. The van der Waals surface area contributed by atoms with Crippen molar-refractivity contribution in [2.45, 2.75) is 6.10 Å². The predicted octanol–water partition coefficient (Wildman–Crippen LogP) is 3.45. The SMILES string of the molecule is Cl.Fc1ccc(-c2nc3cc([C@@H]4CNCCO4)ccc3[nH]2)cc1. The number of fused-ring (bicyclic) bond motifs is 1. The number of hydrogen-bond donors (Lipinski definition) is 2. The molecule has 3 aromatic rings. The van der Waals surface area contributed by atoms with Gasteiger partial charge in [-0.2, -0.15) is 0 Å². The lowest BCUT2D eigenvalue weighted by Crippen LogP contribution is -2.33. The van der Waals surface area contributed by atoms with Crippen LogP contribution in [0.25, 0.3) is 22.4 Å². The smallest absolute Gasteiger partial charge is 0.138 e. The molecule has 1 aromatic heterocycles. The maximum absolute atomic E-state index is 13.0. The monoisotopic (exact) mass is 333 g/mol. The van der Waals surface area contributed by atoms with Crippen molar-refractivity contribution in [1.29, 1.82) is 0 Å². The average molecular weight is 334 g/mol. The van der Waals surface area contributed by atoms with Crippen molar-refractivity contribution in [3.05, 3.63) is 53.8 Å². The number of H-pyrrole nitrogens is 1. The lowest BCUT2D eigenvalue weighted by molar-refractivity contribution is 0.0278. The van der Waals surface area contributed by atoms with E-state index in [1.54, 1.807) is 12.1 Å². The molecule has 1 fully saturated rings. The summed E-state index contributed by atoms with van der Waals surface area (Å²) in [6.07, 6.45) is 0.0733. The maximum atomic E-state index is 13.0. The van der Waals surface area contributed by atoms with Crippen LogP contribution in [0.3, 0.4) is 0 Å². The van der Waals surface area contributed by atoms with Crippen LogP contribution in [-0.4, -0.2) is 29.7 Å². The first kappa shape index (κ1) is 15.9. The first-order valence-electron chi connectivity index (χ1n) is 7.37. The number of hydrogen-bond acceptors (Lipinski definition) is 3. The molecule has 0 radical (unpaired) electrons. The van der Waals surface area contributed by atoms with E-state index in [1.807, 2.05) is 6.07 Å². The molecule has 1 saturated heterocycles. The number of halogens is 2. The number of aromatic amines is 1. The van der Waals surface area contributed by atoms with Gasteiger partial charge in [0.25, 0.3) is 0 Å². The molecule has 4 rings (SSSR count). The highest BCUT2D eigenvalue weighted by atomic mass is 35.5. The van der Waals surface area contributed by atoms with Gasteiger partial charge in [0.05, 0.1) is 23.7 Å². The van der Waals surface area contributed by atoms with Gasteiger partial charge in [-0.15, -0.1) is 12.4 Å². The second-order valence-corrected chi connectivity index (χ2v) is 5.43. The molecule has 2 heterocycles. The highest BCUT2D eigenvalue weighted by Crippen LogP contribution is 2.25. The van der Waals surface area contributed by atoms with Crippen LogP contribution in [0.5, 0.6) is 0 Å². The Morgan fingerprint density at radius 2 is 1.96 bits per heavy atom. The third-order valence-electron chi connectivity index (χ3n) is 3.92. The normalized spacial score (nSPS) is 17.9. The van der Waals surface area contributed by atoms with Crippen molar-refractivity contribution >= 4 is 23.4 Å². The maximum Gasteiger partial charge on any atom is 0.138 e. The summed E-state index contributed by atoms with van der Waals surface area (Å²) in [4.78, 5) is 7.89. The van der Waals surface area contributed by atoms with Gasteiger partial charge in [-0.1, -0.05) is 6.07 Å². The Kier molecular flexibility index (Phi) is 4.61. The van der Waals surface area contributed by atoms with Crippen LogP contribution in [0.2, 0.25) is 0 Å². The van der Waals surface area contributed by atoms with Crippen molar-refractivity contribution in [2.24, 2.45) is 0 Å². The zero-order chi connectivity index (χ0) is 14.9. The summed E-state index contributed by atoms with van der Waals surface area (Å²) >= 11 is 0. The van der Waals surface area contributed by atoms with Crippen LogP contribution >= 0.6 is 12.4 Å². The highest BCUT2D eigenvalue weighted by Gasteiger charge is 2.16. The van der Waals surface area contributed by atoms with Gasteiger partial charge < -0.3 is 15.0 Å². The Hall–Kier alpha value is -1.95. The van der Waals surface area contributed by atoms with Gasteiger partial charge in [0, 0.05) is 18.7 Å². The molecule has 0 aliphatic carbocycles. The van der Waals surface area contributed by atoms with Crippen LogP contribution in [0, 0.1) is 5.82 Å². The number of benzene rings is 2. The minimum atomic E-state index is -0.246. The fraction of sp³-hybridized carbons (Fsp3) is 0.235. The number of aromatic nitrogens is 2. The molecule has 1 aliphatic heterocycles. The zero-order valence-corrected chi connectivity index (χ0v) is 13.2. The Morgan fingerprint density at radius 3 is 2.70 bits per heavy atom. The molecule has 6 heteroatoms. The van der Waals surface area contributed by atoms with E-state index in [0.717, 1.165) is 47.7 Å². The lowest BCUT2D eigenvalue weighted by atomic mass is 10.1. The molecule has 120 valence electrons. The molecule has 0 bridgehead atoms. The van der Waals surface area contributed by atoms with Gasteiger partial charge in [-0.3, -0.25) is 0 Å². The molecular weight excluding hydrogens is 317 g/mol. The standard InChI is InChI=1S/C17H16FN3O.ClH/c18-13-4-1-11(2-5-13)17-20-14-6-3-12(9-15(14)21-17)16-10-19-7-8-22-16;/h1-6,9,16,19H,7-8,10H2,(H,20,21);1H/t16-;/m0./s1. The van der Waals surface area contributed by atoms with Crippen LogP contribution in [0.4, 0.5) is 4.39 Å². The van der Waals surface area contributed by atoms with Gasteiger partial charge >= 0.3 is 0 Å². The first-order chi connectivity index (χ1) is 10.8. The molecule has 0 saturated carbocycles. The molecule has 2 N–H and O–H groups in total. The Morgan fingerprint density at radius 1 is 1.13 bits per heavy atom. The van der Waals surface area contributed by atoms with E-state index < -0.39 is 0 Å². The Labute approximate surface area is 139 Å². The molecule has 0 amide bonds. The van der Waals surface area contributed by atoms with E-state index in [0.29, 0.717) is 0 Å². The molecule has 1 atom stereocenters. The van der Waals surface area contributed by atoms with Crippen molar-refractivity contribution in [3.63, 3.8) is 0 Å². The van der Waals surface area contributed by atoms with E-state index in [1.165, 1.54) is 12.1 Å². The third kappa shape index (κ3) is 3.22. The van der Waals surface area contributed by atoms with Gasteiger partial charge in [-0.25, -0.2) is 9.37 Å². The van der Waals surface area contributed by atoms with E-state index >= 15 is 0 Å². The first-order valence-corrected chi connectivity index (χ1v) is 7.37. The molecule has 0 spiro atoms. The van der Waals surface area contributed by atoms with Crippen LogP contribution in [0.1, 0.15) is 11.7 Å². The molecule has 1 aliphatic rings. The minimum absolute atomic E-state index is 0. The quantitative estimate of drug-likeness (QED) is 0.755. The largest absolute Gasteiger partial charge is 0.371 e. The molecule has 23 heavy (non-hydrogen) atoms. The topological polar surface area (TPSA) is 49.9 Å². The van der Waals surface area contributed by atoms with Crippen LogP contribution in [-0.2, 0) is 4.74 Å². The molecule has 4 nitrogen and oxygen atoms in total. The van der Waals surface area contributed by atoms with Gasteiger partial charge in [0.15, 0.2) is 0 Å². The fourth-order valence-electron chi connectivity index (χ4n) is 2.75. The number of imidazole rings is 1. The minimum Gasteiger partial charge on any atom is -0.371 e. The van der Waals surface area contributed by atoms with Crippen molar-refractivity contribution in [2.75, 3.05) is 19.7 Å². The van der Waals surface area contributed by atoms with Crippen molar-refractivity contribution in [1.82, 2.24) is 15.3 Å².